The third-order valence-electron chi connectivity index (χ3n) is 14.1. The van der Waals surface area contributed by atoms with Crippen molar-refractivity contribution in [2.45, 2.75) is 59.1 Å². The summed E-state index contributed by atoms with van der Waals surface area (Å²) in [7, 11) is 7.31. The van der Waals surface area contributed by atoms with E-state index in [4.69, 9.17) is 24.2 Å². The van der Waals surface area contributed by atoms with Crippen molar-refractivity contribution in [3.63, 3.8) is 0 Å². The normalized spacial score (nSPS) is 16.0. The lowest BCUT2D eigenvalue weighted by atomic mass is 9.99. The molecule has 0 bridgehead atoms. The molecule has 2 aliphatic heterocycles. The maximum Gasteiger partial charge on any atom is 0.435 e. The fraction of sp³-hybridized carbons (Fsp3) is 0.339. The molecule has 21 nitrogen and oxygen atoms in total. The van der Waals surface area contributed by atoms with Gasteiger partial charge in [0.05, 0.1) is 93.6 Å². The number of nitrogens with zero attached hydrogens (tertiary/aromatic N) is 13. The Morgan fingerprint density at radius 1 is 0.727 bits per heavy atom. The van der Waals surface area contributed by atoms with Crippen molar-refractivity contribution in [3.05, 3.63) is 98.1 Å². The van der Waals surface area contributed by atoms with Crippen LogP contribution in [0.3, 0.4) is 0 Å². The number of methoxy groups -OCH3 is 2. The number of ether oxygens (including phenoxy) is 3. The molecule has 12 rings (SSSR count). The zero-order valence-corrected chi connectivity index (χ0v) is 44.8. The third kappa shape index (κ3) is 9.96. The maximum atomic E-state index is 12.8. The highest BCUT2D eigenvalue weighted by Gasteiger charge is 2.26. The maximum absolute atomic E-state index is 12.8. The second-order valence-electron chi connectivity index (χ2n) is 20.8. The van der Waals surface area contributed by atoms with E-state index in [1.807, 2.05) is 52.1 Å². The van der Waals surface area contributed by atoms with Crippen LogP contribution >= 0.6 is 0 Å². The molecular formula is C56H63N17O4. The Balaban J connectivity index is 0.000000166. The van der Waals surface area contributed by atoms with Gasteiger partial charge < -0.3 is 49.1 Å². The lowest BCUT2D eigenvalue weighted by Gasteiger charge is -2.34. The Kier molecular flexibility index (Phi) is 13.5. The minimum absolute atomic E-state index is 0.438. The van der Waals surface area contributed by atoms with E-state index in [1.54, 1.807) is 45.1 Å². The molecule has 2 fully saturated rings. The highest BCUT2D eigenvalue weighted by molar-refractivity contribution is 5.96. The van der Waals surface area contributed by atoms with Gasteiger partial charge in [0.25, 0.3) is 0 Å². The van der Waals surface area contributed by atoms with Crippen molar-refractivity contribution in [2.75, 3.05) is 67.4 Å². The summed E-state index contributed by atoms with van der Waals surface area (Å²) < 4.78 is 22.4. The molecule has 6 aromatic heterocycles. The predicted octanol–water partition coefficient (Wildman–Crippen LogP) is 9.61. The van der Waals surface area contributed by atoms with Gasteiger partial charge in [-0.15, -0.1) is 0 Å². The van der Waals surface area contributed by atoms with E-state index in [0.717, 1.165) is 99.5 Å². The largest absolute Gasteiger partial charge is 0.494 e. The number of aromatic nitrogens is 12. The molecule has 4 N–H and O–H groups in total. The molecule has 0 unspecified atom stereocenters. The van der Waals surface area contributed by atoms with E-state index in [9.17, 15) is 4.79 Å². The van der Waals surface area contributed by atoms with Crippen LogP contribution in [0.5, 0.6) is 11.5 Å². The molecule has 2 atom stereocenters. The van der Waals surface area contributed by atoms with Crippen LogP contribution in [0.1, 0.15) is 47.5 Å². The molecule has 396 valence electrons. The molecule has 2 aliphatic rings. The zero-order chi connectivity index (χ0) is 53.5. The highest BCUT2D eigenvalue weighted by Crippen LogP contribution is 2.40. The fourth-order valence-corrected chi connectivity index (χ4v) is 10.5. The van der Waals surface area contributed by atoms with Gasteiger partial charge in [0.2, 0.25) is 0 Å². The van der Waals surface area contributed by atoms with Gasteiger partial charge in [-0.1, -0.05) is 19.1 Å². The van der Waals surface area contributed by atoms with Crippen molar-refractivity contribution in [2.24, 2.45) is 20.0 Å². The minimum Gasteiger partial charge on any atom is -0.494 e. The van der Waals surface area contributed by atoms with E-state index in [1.165, 1.54) is 41.6 Å². The molecule has 10 aromatic rings. The van der Waals surface area contributed by atoms with Crippen molar-refractivity contribution < 1.29 is 19.0 Å². The quantitative estimate of drug-likeness (QED) is 0.100. The Bertz CT molecular complexity index is 3800. The molecule has 21 heteroatoms. The van der Waals surface area contributed by atoms with Crippen LogP contribution < -0.4 is 35.2 Å². The van der Waals surface area contributed by atoms with E-state index < -0.39 is 11.7 Å². The number of aryl methyl sites for hydroxylation is 2. The summed E-state index contributed by atoms with van der Waals surface area (Å²) in [5, 5.41) is 23.5. The monoisotopic (exact) mass is 1040 g/mol. The third-order valence-corrected chi connectivity index (χ3v) is 14.1. The Labute approximate surface area is 445 Å². The second-order valence-corrected chi connectivity index (χ2v) is 20.8. The summed E-state index contributed by atoms with van der Waals surface area (Å²) in [5.74, 6) is 4.63. The summed E-state index contributed by atoms with van der Waals surface area (Å²) >= 11 is 0. The second kappa shape index (κ2) is 20.7. The number of carbonyl (C=O) groups is 1. The van der Waals surface area contributed by atoms with E-state index >= 15 is 0 Å². The number of nitrogens with one attached hydrogen (secondary N) is 4. The summed E-state index contributed by atoms with van der Waals surface area (Å²) in [4.78, 5) is 45.4. The molecular weight excluding hydrogens is 975 g/mol. The summed E-state index contributed by atoms with van der Waals surface area (Å²) in [6.07, 6.45) is 11.9. The molecule has 8 heterocycles. The van der Waals surface area contributed by atoms with Crippen LogP contribution in [0.2, 0.25) is 0 Å². The summed E-state index contributed by atoms with van der Waals surface area (Å²) in [6, 6.07) is 20.6. The molecule has 0 radical (unpaired) electrons. The minimum atomic E-state index is -0.646. The number of imidazole rings is 2. The summed E-state index contributed by atoms with van der Waals surface area (Å²) in [6.45, 7) is 14.9. The SMILES string of the molecule is COc1cc2[nH]ncc2cc1Nc1ncncc1-c1nc2cccc(N3CCN[C@@H](C)C3)c2n1C.COc1cc2c(cnn2C(=O)OC(C)(C)C)cc1Nc1ncncc1-c1nc2cccc(N3CCC[C@@H](C)C3)c2n1C. The number of carbonyl (C=O) groups excluding carboxylic acids is 1. The molecule has 4 aromatic carbocycles. The Morgan fingerprint density at radius 2 is 1.32 bits per heavy atom. The molecule has 0 saturated carbocycles. The molecule has 0 spiro atoms. The number of aromatic amines is 1. The first-order chi connectivity index (χ1) is 37.2. The first kappa shape index (κ1) is 50.3. The first-order valence-corrected chi connectivity index (χ1v) is 25.8. The van der Waals surface area contributed by atoms with Gasteiger partial charge >= 0.3 is 6.09 Å². The standard InChI is InChI=1S/C31H36N8O3.C25H27N9O/c1-19-9-8-12-38(17-19)24-11-7-10-22-27(24)37(5)29(36-22)21-16-32-18-33-28(21)35-23-13-20-15-34-39(25(20)14-26(23)41-6)30(40)42-31(2,3)4;1-15-13-34(8-7-27-15)21-6-4-5-18-23(21)33(2)25(31-18)17-12-26-14-28-24(17)30-20-9-16-11-29-32-19(16)10-22(20)35-3/h7,10-11,13-16,18-19H,8-9,12,17H2,1-6H3,(H,32,33,35);4-6,9-12,14-15,27H,7-8,13H2,1-3H3,(H,29,32)(H,26,28,30)/t19-;15-/m10/s1. The number of hydrogen-bond donors (Lipinski definition) is 4. The number of fused-ring (bicyclic) bond motifs is 4. The average molecular weight is 1040 g/mol. The van der Waals surface area contributed by atoms with Crippen LogP contribution in [0.25, 0.3) is 66.6 Å². The van der Waals surface area contributed by atoms with Gasteiger partial charge in [-0.05, 0) is 82.9 Å². The number of benzene rings is 4. The van der Waals surface area contributed by atoms with E-state index in [2.05, 4.69) is 121 Å². The lowest BCUT2D eigenvalue weighted by molar-refractivity contribution is 0.0522. The van der Waals surface area contributed by atoms with Crippen LogP contribution in [0, 0.1) is 5.92 Å². The van der Waals surface area contributed by atoms with Gasteiger partial charge in [-0.25, -0.2) is 34.7 Å². The van der Waals surface area contributed by atoms with Crippen LogP contribution in [0.4, 0.5) is 39.2 Å². The van der Waals surface area contributed by atoms with Crippen molar-refractivity contribution in [3.8, 4) is 34.3 Å². The number of piperidine rings is 1. The van der Waals surface area contributed by atoms with Crippen molar-refractivity contribution in [1.29, 1.82) is 0 Å². The number of hydrogen-bond acceptors (Lipinski definition) is 17. The Hall–Kier alpha value is -8.85. The van der Waals surface area contributed by atoms with Gasteiger partial charge in [0.1, 0.15) is 53.0 Å². The predicted molar refractivity (Wildman–Crippen MR) is 301 cm³/mol. The molecule has 77 heavy (non-hydrogen) atoms. The van der Waals surface area contributed by atoms with Crippen LogP contribution in [0.15, 0.2) is 98.1 Å². The summed E-state index contributed by atoms with van der Waals surface area (Å²) in [5.41, 5.74) is 10.3. The fourth-order valence-electron chi connectivity index (χ4n) is 10.5. The van der Waals surface area contributed by atoms with Crippen LogP contribution in [-0.2, 0) is 18.8 Å². The number of para-hydroxylation sites is 2. The lowest BCUT2D eigenvalue weighted by Crippen LogP contribution is -2.49. The van der Waals surface area contributed by atoms with Gasteiger partial charge in [0, 0.05) is 88.2 Å². The topological polar surface area (TPSA) is 221 Å². The van der Waals surface area contributed by atoms with Gasteiger partial charge in [0.15, 0.2) is 0 Å². The molecule has 2 saturated heterocycles. The first-order valence-electron chi connectivity index (χ1n) is 25.8. The highest BCUT2D eigenvalue weighted by atomic mass is 16.6. The van der Waals surface area contributed by atoms with Gasteiger partial charge in [-0.2, -0.15) is 14.9 Å². The smallest absolute Gasteiger partial charge is 0.435 e. The van der Waals surface area contributed by atoms with Crippen molar-refractivity contribution >= 4 is 84.4 Å². The number of piperazine rings is 1. The number of anilines is 6. The van der Waals surface area contributed by atoms with Crippen LogP contribution in [-0.4, -0.2) is 124 Å². The Morgan fingerprint density at radius 3 is 1.91 bits per heavy atom. The molecule has 0 aliphatic carbocycles. The number of H-pyrrole nitrogens is 1. The van der Waals surface area contributed by atoms with Crippen molar-refractivity contribution in [1.82, 2.24) is 64.3 Å². The zero-order valence-electron chi connectivity index (χ0n) is 44.8. The average Bonchev–Trinajstić information content (AvgIpc) is 4.29. The number of rotatable bonds is 10. The van der Waals surface area contributed by atoms with E-state index in [0.29, 0.717) is 46.3 Å². The molecule has 0 amide bonds. The van der Waals surface area contributed by atoms with E-state index in [-0.39, 0.29) is 0 Å². The van der Waals surface area contributed by atoms with Gasteiger partial charge in [-0.3, -0.25) is 5.10 Å².